The van der Waals surface area contributed by atoms with Crippen LogP contribution in [-0.2, 0) is 9.47 Å². The molecule has 3 unspecified atom stereocenters. The van der Waals surface area contributed by atoms with Gasteiger partial charge in [0.15, 0.2) is 5.79 Å². The Balaban J connectivity index is 3.33. The van der Waals surface area contributed by atoms with Gasteiger partial charge in [-0.3, -0.25) is 0 Å². The number of azo groups is 1. The van der Waals surface area contributed by atoms with Gasteiger partial charge in [0, 0.05) is 19.3 Å². The zero-order chi connectivity index (χ0) is 21.5. The Morgan fingerprint density at radius 1 is 1.00 bits per heavy atom. The lowest BCUT2D eigenvalue weighted by molar-refractivity contribution is -0.329. The molecule has 0 aromatic rings. The van der Waals surface area contributed by atoms with Crippen LogP contribution in [0.3, 0.4) is 0 Å². The Morgan fingerprint density at radius 3 is 1.89 bits per heavy atom. The van der Waals surface area contributed by atoms with Crippen LogP contribution >= 0.6 is 0 Å². The van der Waals surface area contributed by atoms with Gasteiger partial charge in [0.2, 0.25) is 5.72 Å². The monoisotopic (exact) mass is 393 g/mol. The van der Waals surface area contributed by atoms with E-state index in [0.717, 1.165) is 25.7 Å². The van der Waals surface area contributed by atoms with Gasteiger partial charge in [0.1, 0.15) is 12.1 Å². The lowest BCUT2D eigenvalue weighted by Gasteiger charge is -2.50. The van der Waals surface area contributed by atoms with E-state index < -0.39 is 17.6 Å². The molecule has 0 radical (unpaired) electrons. The Morgan fingerprint density at radius 2 is 1.57 bits per heavy atom. The quantitative estimate of drug-likeness (QED) is 0.326. The molecule has 0 amide bonds. The predicted octanol–water partition coefficient (Wildman–Crippen LogP) is 6.73. The molecule has 0 aromatic carbocycles. The number of nitriles is 1. The topological polar surface area (TPSA) is 67.0 Å². The summed E-state index contributed by atoms with van der Waals surface area (Å²) in [5.41, 5.74) is -0.654. The summed E-state index contributed by atoms with van der Waals surface area (Å²) in [6, 6.07) is 2.38. The van der Waals surface area contributed by atoms with Crippen LogP contribution in [0.4, 0.5) is 0 Å². The maximum atomic E-state index is 9.67. The molecule has 0 fully saturated rings. The minimum absolute atomic E-state index is 0.0314. The molecular formula is C23H43N3O2. The van der Waals surface area contributed by atoms with Crippen LogP contribution in [0, 0.1) is 35.0 Å². The van der Waals surface area contributed by atoms with E-state index in [1.54, 1.807) is 0 Å². The van der Waals surface area contributed by atoms with Gasteiger partial charge < -0.3 is 9.47 Å². The third-order valence-corrected chi connectivity index (χ3v) is 5.00. The molecule has 5 nitrogen and oxygen atoms in total. The summed E-state index contributed by atoms with van der Waals surface area (Å²) < 4.78 is 13.4. The highest BCUT2D eigenvalue weighted by atomic mass is 16.7. The van der Waals surface area contributed by atoms with Crippen LogP contribution in [0.5, 0.6) is 0 Å². The zero-order valence-corrected chi connectivity index (χ0v) is 19.7. The van der Waals surface area contributed by atoms with Gasteiger partial charge in [0.25, 0.3) is 0 Å². The summed E-state index contributed by atoms with van der Waals surface area (Å²) in [6.07, 6.45) is 3.45. The first-order valence-electron chi connectivity index (χ1n) is 11.2. The van der Waals surface area contributed by atoms with Crippen LogP contribution in [0.2, 0.25) is 0 Å². The molecule has 3 atom stereocenters. The average molecular weight is 394 g/mol. The van der Waals surface area contributed by atoms with Crippen molar-refractivity contribution in [2.75, 3.05) is 0 Å². The van der Waals surface area contributed by atoms with Gasteiger partial charge >= 0.3 is 0 Å². The number of hydrogen-bond donors (Lipinski definition) is 0. The standard InChI is InChI=1S/C23H43N3O2/c1-10-11-20(15-24)27-22(12-16(2)3,13-17(4)5)28-23(14-18(6)7)21(19(8)9)25-26-23/h16-21H,10-14H2,1-9H3. The third kappa shape index (κ3) is 6.81. The molecule has 0 N–H and O–H groups in total. The Bertz CT molecular complexity index is 526. The minimum Gasteiger partial charge on any atom is -0.332 e. The molecule has 1 heterocycles. The van der Waals surface area contributed by atoms with Gasteiger partial charge in [0.05, 0.1) is 6.07 Å². The van der Waals surface area contributed by atoms with Crippen LogP contribution in [0.1, 0.15) is 94.4 Å². The molecule has 0 spiro atoms. The van der Waals surface area contributed by atoms with Crippen molar-refractivity contribution in [2.24, 2.45) is 33.9 Å². The van der Waals surface area contributed by atoms with Crippen molar-refractivity contribution in [3.8, 4) is 6.07 Å². The molecule has 0 aliphatic carbocycles. The fourth-order valence-corrected chi connectivity index (χ4v) is 4.30. The molecule has 1 aliphatic heterocycles. The second-order valence-corrected chi connectivity index (χ2v) is 10.1. The number of nitrogens with zero attached hydrogens (tertiary/aromatic N) is 3. The highest BCUT2D eigenvalue weighted by Gasteiger charge is 2.54. The highest BCUT2D eigenvalue weighted by Crippen LogP contribution is 2.46. The highest BCUT2D eigenvalue weighted by molar-refractivity contribution is 5.01. The zero-order valence-electron chi connectivity index (χ0n) is 19.7. The van der Waals surface area contributed by atoms with E-state index in [9.17, 15) is 5.26 Å². The summed E-state index contributed by atoms with van der Waals surface area (Å²) in [5, 5.41) is 18.7. The average Bonchev–Trinajstić information content (AvgIpc) is 2.50. The van der Waals surface area contributed by atoms with E-state index in [0.29, 0.717) is 30.1 Å². The van der Waals surface area contributed by atoms with Crippen LogP contribution in [0.15, 0.2) is 10.2 Å². The number of rotatable bonds is 13. The summed E-state index contributed by atoms with van der Waals surface area (Å²) in [6.45, 7) is 19.5. The molecule has 0 bridgehead atoms. The van der Waals surface area contributed by atoms with E-state index in [1.165, 1.54) is 0 Å². The van der Waals surface area contributed by atoms with Crippen molar-refractivity contribution in [1.82, 2.24) is 0 Å². The van der Waals surface area contributed by atoms with Crippen molar-refractivity contribution in [2.45, 2.75) is 118 Å². The summed E-state index contributed by atoms with van der Waals surface area (Å²) >= 11 is 0. The van der Waals surface area contributed by atoms with E-state index in [1.807, 2.05) is 0 Å². The van der Waals surface area contributed by atoms with Gasteiger partial charge in [-0.1, -0.05) is 68.7 Å². The number of ether oxygens (including phenoxy) is 2. The summed E-state index contributed by atoms with van der Waals surface area (Å²) in [7, 11) is 0. The fourth-order valence-electron chi connectivity index (χ4n) is 4.30. The van der Waals surface area contributed by atoms with Crippen LogP contribution in [-0.4, -0.2) is 23.7 Å². The second-order valence-electron chi connectivity index (χ2n) is 10.1. The SMILES string of the molecule is CCCC(C#N)OC(CC(C)C)(CC(C)C)OC1(CC(C)C)N=NC1C(C)C. The molecular weight excluding hydrogens is 350 g/mol. The molecule has 162 valence electrons. The van der Waals surface area contributed by atoms with Gasteiger partial charge in [-0.25, -0.2) is 0 Å². The molecule has 0 saturated heterocycles. The van der Waals surface area contributed by atoms with Crippen molar-refractivity contribution in [1.29, 1.82) is 5.26 Å². The van der Waals surface area contributed by atoms with Crippen molar-refractivity contribution in [3.05, 3.63) is 0 Å². The lowest BCUT2D eigenvalue weighted by Crippen LogP contribution is -2.58. The first kappa shape index (κ1) is 25.0. The van der Waals surface area contributed by atoms with Crippen molar-refractivity contribution in [3.63, 3.8) is 0 Å². The largest absolute Gasteiger partial charge is 0.332 e. The molecule has 0 aromatic heterocycles. The van der Waals surface area contributed by atoms with Gasteiger partial charge in [-0.05, 0) is 30.1 Å². The Hall–Kier alpha value is -0.990. The Kier molecular flexibility index (Phi) is 9.56. The molecule has 1 aliphatic rings. The molecule has 5 heteroatoms. The first-order valence-corrected chi connectivity index (χ1v) is 11.2. The minimum atomic E-state index is -0.820. The summed E-state index contributed by atoms with van der Waals surface area (Å²) in [5.74, 6) is 0.711. The van der Waals surface area contributed by atoms with Crippen molar-refractivity contribution < 1.29 is 9.47 Å². The van der Waals surface area contributed by atoms with E-state index in [4.69, 9.17) is 9.47 Å². The first-order chi connectivity index (χ1) is 13.0. The van der Waals surface area contributed by atoms with Gasteiger partial charge in [-0.15, -0.1) is 0 Å². The van der Waals surface area contributed by atoms with Crippen LogP contribution < -0.4 is 0 Å². The molecule has 28 heavy (non-hydrogen) atoms. The van der Waals surface area contributed by atoms with Gasteiger partial charge in [-0.2, -0.15) is 15.5 Å². The maximum Gasteiger partial charge on any atom is 0.206 e. The fraction of sp³-hybridized carbons (Fsp3) is 0.957. The van der Waals surface area contributed by atoms with Crippen LogP contribution in [0.25, 0.3) is 0 Å². The lowest BCUT2D eigenvalue weighted by atomic mass is 9.84. The van der Waals surface area contributed by atoms with E-state index in [-0.39, 0.29) is 6.04 Å². The number of hydrogen-bond acceptors (Lipinski definition) is 5. The van der Waals surface area contributed by atoms with Crippen molar-refractivity contribution >= 4 is 0 Å². The van der Waals surface area contributed by atoms with E-state index >= 15 is 0 Å². The third-order valence-electron chi connectivity index (χ3n) is 5.00. The van der Waals surface area contributed by atoms with E-state index in [2.05, 4.69) is 78.6 Å². The maximum absolute atomic E-state index is 9.67. The Labute approximate surface area is 173 Å². The normalized spacial score (nSPS) is 23.5. The smallest absolute Gasteiger partial charge is 0.206 e. The predicted molar refractivity (Wildman–Crippen MR) is 114 cm³/mol. The second kappa shape index (κ2) is 10.7. The molecule has 1 rings (SSSR count). The molecule has 0 saturated carbocycles. The summed E-state index contributed by atoms with van der Waals surface area (Å²) in [4.78, 5) is 0.